The summed E-state index contributed by atoms with van der Waals surface area (Å²) in [5.41, 5.74) is 1.11. The van der Waals surface area contributed by atoms with Crippen molar-refractivity contribution >= 4 is 11.9 Å². The van der Waals surface area contributed by atoms with Crippen molar-refractivity contribution in [3.05, 3.63) is 47.5 Å². The molecule has 0 fully saturated rings. The van der Waals surface area contributed by atoms with Gasteiger partial charge in [-0.25, -0.2) is 0 Å². The molecule has 8 heteroatoms. The zero-order valence-corrected chi connectivity index (χ0v) is 16.0. The number of carbonyl (C=O) groups excluding carboxylic acids is 2. The Balaban J connectivity index is 1.80. The Hall–Kier alpha value is -3.42. The van der Waals surface area contributed by atoms with E-state index in [1.807, 2.05) is 0 Å². The van der Waals surface area contributed by atoms with E-state index >= 15 is 0 Å². The Kier molecular flexibility index (Phi) is 5.16. The first kappa shape index (κ1) is 18.9. The number of methoxy groups -OCH3 is 1. The third-order valence-corrected chi connectivity index (χ3v) is 4.84. The van der Waals surface area contributed by atoms with E-state index < -0.39 is 23.8 Å². The largest absolute Gasteiger partial charge is 0.469 e. The zero-order valence-electron chi connectivity index (χ0n) is 16.0. The Bertz CT molecular complexity index is 938. The molecule has 2 aromatic rings. The molecule has 29 heavy (non-hydrogen) atoms. The van der Waals surface area contributed by atoms with Crippen molar-refractivity contribution in [3.63, 3.8) is 0 Å². The summed E-state index contributed by atoms with van der Waals surface area (Å²) in [5.74, 6) is -0.844. The number of carbonyl (C=O) groups is 2. The van der Waals surface area contributed by atoms with E-state index in [0.717, 1.165) is 0 Å². The molecule has 0 radical (unpaired) electrons. The lowest BCUT2D eigenvalue weighted by atomic mass is 9.81. The molecule has 0 spiro atoms. The van der Waals surface area contributed by atoms with Crippen LogP contribution in [0.2, 0.25) is 0 Å². The van der Waals surface area contributed by atoms with E-state index in [-0.39, 0.29) is 20.2 Å². The van der Waals surface area contributed by atoms with Gasteiger partial charge >= 0.3 is 11.9 Å². The van der Waals surface area contributed by atoms with Crippen molar-refractivity contribution in [2.24, 2.45) is 0 Å². The van der Waals surface area contributed by atoms with E-state index in [4.69, 9.17) is 28.4 Å². The Morgan fingerprint density at radius 2 is 1.31 bits per heavy atom. The number of rotatable bonds is 6. The van der Waals surface area contributed by atoms with Crippen LogP contribution in [0.15, 0.2) is 36.4 Å². The van der Waals surface area contributed by atoms with E-state index in [1.165, 1.54) is 7.11 Å². The molecule has 4 rings (SSSR count). The van der Waals surface area contributed by atoms with Crippen molar-refractivity contribution in [3.8, 4) is 23.0 Å². The fraction of sp³-hybridized carbons (Fsp3) is 0.333. The van der Waals surface area contributed by atoms with Crippen LogP contribution in [-0.2, 0) is 19.1 Å². The number of hydrogen-bond donors (Lipinski definition) is 0. The van der Waals surface area contributed by atoms with Gasteiger partial charge in [0.2, 0.25) is 13.6 Å². The van der Waals surface area contributed by atoms with Gasteiger partial charge in [-0.3, -0.25) is 9.59 Å². The van der Waals surface area contributed by atoms with Gasteiger partial charge in [0.25, 0.3) is 0 Å². The van der Waals surface area contributed by atoms with Crippen LogP contribution in [-0.4, -0.2) is 39.2 Å². The maximum atomic E-state index is 13.0. The molecule has 0 bridgehead atoms. The summed E-state index contributed by atoms with van der Waals surface area (Å²) in [6.07, 6.45) is 0. The molecule has 0 aliphatic carbocycles. The van der Waals surface area contributed by atoms with Crippen LogP contribution in [0.3, 0.4) is 0 Å². The van der Waals surface area contributed by atoms with Crippen LogP contribution in [0, 0.1) is 0 Å². The standard InChI is InChI=1S/C21H20O8/c1-3-25-21(23)19(13-5-7-15-17(9-13)29-11-27-15)18(20(22)24-2)12-4-6-14-16(8-12)28-10-26-14/h4-9,18-19H,3,10-11H2,1-2H3. The molecule has 0 saturated carbocycles. The summed E-state index contributed by atoms with van der Waals surface area (Å²) in [4.78, 5) is 25.8. The Labute approximate surface area is 167 Å². The molecule has 2 heterocycles. The summed E-state index contributed by atoms with van der Waals surface area (Å²) >= 11 is 0. The summed E-state index contributed by atoms with van der Waals surface area (Å²) in [7, 11) is 1.28. The minimum Gasteiger partial charge on any atom is -0.469 e. The lowest BCUT2D eigenvalue weighted by Gasteiger charge is -2.25. The molecule has 2 aliphatic heterocycles. The Morgan fingerprint density at radius 1 is 0.828 bits per heavy atom. The molecule has 2 aliphatic rings. The smallest absolute Gasteiger partial charge is 0.314 e. The number of ether oxygens (including phenoxy) is 6. The van der Waals surface area contributed by atoms with Crippen molar-refractivity contribution in [1.82, 2.24) is 0 Å². The molecule has 0 N–H and O–H groups in total. The maximum absolute atomic E-state index is 13.0. The fourth-order valence-electron chi connectivity index (χ4n) is 3.50. The average Bonchev–Trinajstić information content (AvgIpc) is 3.39. The molecule has 0 amide bonds. The molecular weight excluding hydrogens is 380 g/mol. The molecule has 0 aromatic heterocycles. The van der Waals surface area contributed by atoms with Gasteiger partial charge in [-0.2, -0.15) is 0 Å². The van der Waals surface area contributed by atoms with Crippen molar-refractivity contribution in [1.29, 1.82) is 0 Å². The van der Waals surface area contributed by atoms with E-state index in [2.05, 4.69) is 0 Å². The number of fused-ring (bicyclic) bond motifs is 2. The molecule has 152 valence electrons. The summed E-state index contributed by atoms with van der Waals surface area (Å²) < 4.78 is 31.9. The minimum absolute atomic E-state index is 0.102. The van der Waals surface area contributed by atoms with Gasteiger partial charge in [-0.05, 0) is 42.3 Å². The second-order valence-corrected chi connectivity index (χ2v) is 6.46. The Morgan fingerprint density at radius 3 is 1.79 bits per heavy atom. The van der Waals surface area contributed by atoms with Crippen LogP contribution >= 0.6 is 0 Å². The first-order chi connectivity index (χ1) is 14.1. The molecule has 8 nitrogen and oxygen atoms in total. The van der Waals surface area contributed by atoms with Gasteiger partial charge < -0.3 is 28.4 Å². The molecule has 2 aromatic carbocycles. The molecular formula is C21H20O8. The highest BCUT2D eigenvalue weighted by atomic mass is 16.7. The van der Waals surface area contributed by atoms with Crippen molar-refractivity contribution < 1.29 is 38.0 Å². The third-order valence-electron chi connectivity index (χ3n) is 4.84. The monoisotopic (exact) mass is 400 g/mol. The summed E-state index contributed by atoms with van der Waals surface area (Å²) in [5, 5.41) is 0. The second-order valence-electron chi connectivity index (χ2n) is 6.46. The lowest BCUT2D eigenvalue weighted by Crippen LogP contribution is -2.29. The molecule has 2 unspecified atom stereocenters. The average molecular weight is 400 g/mol. The van der Waals surface area contributed by atoms with Crippen LogP contribution < -0.4 is 18.9 Å². The second kappa shape index (κ2) is 7.90. The number of hydrogen-bond acceptors (Lipinski definition) is 8. The fourth-order valence-corrected chi connectivity index (χ4v) is 3.50. The normalized spacial score (nSPS) is 15.5. The van der Waals surface area contributed by atoms with Crippen molar-refractivity contribution in [2.45, 2.75) is 18.8 Å². The minimum atomic E-state index is -0.950. The summed E-state index contributed by atoms with van der Waals surface area (Å²) in [6, 6.07) is 10.2. The maximum Gasteiger partial charge on any atom is 0.314 e. The first-order valence-corrected chi connectivity index (χ1v) is 9.16. The van der Waals surface area contributed by atoms with Gasteiger partial charge in [-0.1, -0.05) is 12.1 Å². The van der Waals surface area contributed by atoms with Crippen LogP contribution in [0.1, 0.15) is 29.9 Å². The van der Waals surface area contributed by atoms with E-state index in [9.17, 15) is 9.59 Å². The number of esters is 2. The lowest BCUT2D eigenvalue weighted by molar-refractivity contribution is -0.152. The SMILES string of the molecule is CCOC(=O)C(c1ccc2c(c1)OCO2)C(C(=O)OC)c1ccc2c(c1)OCO2. The molecule has 2 atom stereocenters. The molecule has 0 saturated heterocycles. The highest BCUT2D eigenvalue weighted by molar-refractivity contribution is 5.90. The predicted octanol–water partition coefficient (Wildman–Crippen LogP) is 2.75. The first-order valence-electron chi connectivity index (χ1n) is 9.16. The van der Waals surface area contributed by atoms with Gasteiger partial charge in [0.1, 0.15) is 0 Å². The van der Waals surface area contributed by atoms with Crippen molar-refractivity contribution in [2.75, 3.05) is 27.3 Å². The predicted molar refractivity (Wildman–Crippen MR) is 99.3 cm³/mol. The number of benzene rings is 2. The van der Waals surface area contributed by atoms with Gasteiger partial charge in [0.05, 0.1) is 25.6 Å². The van der Waals surface area contributed by atoms with Crippen LogP contribution in [0.25, 0.3) is 0 Å². The van der Waals surface area contributed by atoms with E-state index in [1.54, 1.807) is 43.3 Å². The van der Waals surface area contributed by atoms with Crippen LogP contribution in [0.4, 0.5) is 0 Å². The van der Waals surface area contributed by atoms with Gasteiger partial charge in [0, 0.05) is 0 Å². The zero-order chi connectivity index (χ0) is 20.4. The highest BCUT2D eigenvalue weighted by Crippen LogP contribution is 2.43. The van der Waals surface area contributed by atoms with Gasteiger partial charge in [-0.15, -0.1) is 0 Å². The summed E-state index contributed by atoms with van der Waals surface area (Å²) in [6.45, 7) is 2.09. The quantitative estimate of drug-likeness (QED) is 0.684. The van der Waals surface area contributed by atoms with Crippen LogP contribution in [0.5, 0.6) is 23.0 Å². The topological polar surface area (TPSA) is 89.5 Å². The van der Waals surface area contributed by atoms with Gasteiger partial charge in [0.15, 0.2) is 23.0 Å². The third kappa shape index (κ3) is 3.53. The highest BCUT2D eigenvalue weighted by Gasteiger charge is 2.39. The van der Waals surface area contributed by atoms with E-state index in [0.29, 0.717) is 34.1 Å².